The molecule has 0 saturated carbocycles. The van der Waals surface area contributed by atoms with Gasteiger partial charge in [0.2, 0.25) is 0 Å². The number of hydrogen-bond acceptors (Lipinski definition) is 5. The molecule has 0 radical (unpaired) electrons. The van der Waals surface area contributed by atoms with E-state index in [-0.39, 0.29) is 11.9 Å². The van der Waals surface area contributed by atoms with Gasteiger partial charge < -0.3 is 9.47 Å². The highest BCUT2D eigenvalue weighted by molar-refractivity contribution is 5.72. The van der Waals surface area contributed by atoms with Crippen molar-refractivity contribution in [2.45, 2.75) is 111 Å². The molecular weight excluding hydrogens is 354 g/mol. The number of rotatable bonds is 4. The number of carbonyl (C=O) groups is 2. The summed E-state index contributed by atoms with van der Waals surface area (Å²) >= 11 is 0. The Morgan fingerprint density at radius 2 is 1.29 bits per heavy atom. The summed E-state index contributed by atoms with van der Waals surface area (Å²) in [6.07, 6.45) is 9.68. The lowest BCUT2D eigenvalue weighted by Crippen LogP contribution is -2.37. The first kappa shape index (κ1) is 24.9. The van der Waals surface area contributed by atoms with Crippen molar-refractivity contribution in [2.75, 3.05) is 19.6 Å². The molecule has 1 aliphatic heterocycles. The van der Waals surface area contributed by atoms with Gasteiger partial charge in [0.05, 0.1) is 6.54 Å². The van der Waals surface area contributed by atoms with Crippen LogP contribution in [0.5, 0.6) is 0 Å². The fourth-order valence-electron chi connectivity index (χ4n) is 3.63. The van der Waals surface area contributed by atoms with Crippen LogP contribution in [0.2, 0.25) is 0 Å². The average molecular weight is 398 g/mol. The minimum absolute atomic E-state index is 0.108. The fourth-order valence-corrected chi connectivity index (χ4v) is 3.63. The van der Waals surface area contributed by atoms with Gasteiger partial charge in [0.1, 0.15) is 11.2 Å². The minimum atomic E-state index is -0.456. The number of esters is 2. The molecule has 1 saturated heterocycles. The summed E-state index contributed by atoms with van der Waals surface area (Å²) in [6.45, 7) is 13.5. The van der Waals surface area contributed by atoms with Crippen LogP contribution in [0.15, 0.2) is 0 Å². The van der Waals surface area contributed by atoms with E-state index in [2.05, 4.69) is 4.90 Å². The largest absolute Gasteiger partial charge is 0.460 e. The van der Waals surface area contributed by atoms with Crippen molar-refractivity contribution in [1.82, 2.24) is 4.90 Å². The Kier molecular flexibility index (Phi) is 10.5. The van der Waals surface area contributed by atoms with E-state index in [9.17, 15) is 9.59 Å². The molecule has 1 aliphatic rings. The van der Waals surface area contributed by atoms with E-state index in [0.717, 1.165) is 32.4 Å². The first-order valence-electron chi connectivity index (χ1n) is 11.1. The van der Waals surface area contributed by atoms with Gasteiger partial charge in [0.15, 0.2) is 0 Å². The molecule has 0 aromatic rings. The highest BCUT2D eigenvalue weighted by Crippen LogP contribution is 2.22. The van der Waals surface area contributed by atoms with Crippen molar-refractivity contribution in [2.24, 2.45) is 5.92 Å². The summed E-state index contributed by atoms with van der Waals surface area (Å²) in [5.41, 5.74) is -0.895. The van der Waals surface area contributed by atoms with Gasteiger partial charge >= 0.3 is 11.9 Å². The van der Waals surface area contributed by atoms with Gasteiger partial charge in [0.25, 0.3) is 0 Å². The smallest absolute Gasteiger partial charge is 0.320 e. The van der Waals surface area contributed by atoms with Crippen LogP contribution in [0.4, 0.5) is 0 Å². The number of nitrogens with zero attached hydrogens (tertiary/aromatic N) is 1. The zero-order chi connectivity index (χ0) is 21.2. The van der Waals surface area contributed by atoms with E-state index < -0.39 is 11.2 Å². The molecule has 0 aromatic carbocycles. The van der Waals surface area contributed by atoms with Gasteiger partial charge in [-0.15, -0.1) is 0 Å². The molecule has 1 rings (SSSR count). The van der Waals surface area contributed by atoms with Crippen LogP contribution in [0.1, 0.15) is 99.3 Å². The summed E-state index contributed by atoms with van der Waals surface area (Å²) in [6, 6.07) is 0. The Labute approximate surface area is 172 Å². The quantitative estimate of drug-likeness (QED) is 0.617. The topological polar surface area (TPSA) is 55.8 Å². The van der Waals surface area contributed by atoms with Crippen LogP contribution < -0.4 is 0 Å². The third kappa shape index (κ3) is 13.1. The summed E-state index contributed by atoms with van der Waals surface area (Å²) in [5, 5.41) is 0. The van der Waals surface area contributed by atoms with Gasteiger partial charge in [-0.3, -0.25) is 14.5 Å². The highest BCUT2D eigenvalue weighted by Gasteiger charge is 2.23. The summed E-state index contributed by atoms with van der Waals surface area (Å²) in [4.78, 5) is 26.8. The molecule has 0 aliphatic carbocycles. The molecule has 1 heterocycles. The molecule has 28 heavy (non-hydrogen) atoms. The molecule has 0 N–H and O–H groups in total. The van der Waals surface area contributed by atoms with E-state index in [0.29, 0.717) is 18.9 Å². The van der Waals surface area contributed by atoms with Crippen molar-refractivity contribution in [3.05, 3.63) is 0 Å². The second kappa shape index (κ2) is 11.8. The molecule has 164 valence electrons. The first-order chi connectivity index (χ1) is 12.9. The maximum Gasteiger partial charge on any atom is 0.320 e. The van der Waals surface area contributed by atoms with Gasteiger partial charge in [0, 0.05) is 6.42 Å². The second-order valence-electron chi connectivity index (χ2n) is 10.2. The SMILES string of the molecule is CC(C)(C)OC(=O)CC1CCCCCCCCN(CC(=O)OC(C)(C)C)CC1. The number of carbonyl (C=O) groups excluding carboxylic acids is 2. The van der Waals surface area contributed by atoms with Crippen LogP contribution >= 0.6 is 0 Å². The van der Waals surface area contributed by atoms with Crippen LogP contribution in [-0.2, 0) is 19.1 Å². The van der Waals surface area contributed by atoms with E-state index in [1.807, 2.05) is 41.5 Å². The fraction of sp³-hybridized carbons (Fsp3) is 0.913. The monoisotopic (exact) mass is 397 g/mol. The Morgan fingerprint density at radius 3 is 1.89 bits per heavy atom. The maximum atomic E-state index is 12.3. The van der Waals surface area contributed by atoms with Crippen molar-refractivity contribution in [3.8, 4) is 0 Å². The predicted octanol–water partition coefficient (Wildman–Crippen LogP) is 5.11. The predicted molar refractivity (Wildman–Crippen MR) is 113 cm³/mol. The maximum absolute atomic E-state index is 12.3. The van der Waals surface area contributed by atoms with E-state index in [1.54, 1.807) is 0 Å². The average Bonchev–Trinajstić information content (AvgIpc) is 2.48. The lowest BCUT2D eigenvalue weighted by Gasteiger charge is -2.27. The zero-order valence-electron chi connectivity index (χ0n) is 19.1. The lowest BCUT2D eigenvalue weighted by atomic mass is 9.93. The van der Waals surface area contributed by atoms with E-state index in [4.69, 9.17) is 9.47 Å². The number of hydrogen-bond donors (Lipinski definition) is 0. The van der Waals surface area contributed by atoms with Gasteiger partial charge in [-0.2, -0.15) is 0 Å². The third-order valence-electron chi connectivity index (χ3n) is 4.84. The normalized spacial score (nSPS) is 21.3. The van der Waals surface area contributed by atoms with E-state index >= 15 is 0 Å². The molecule has 1 fully saturated rings. The van der Waals surface area contributed by atoms with Gasteiger partial charge in [-0.25, -0.2) is 0 Å². The Hall–Kier alpha value is -1.10. The third-order valence-corrected chi connectivity index (χ3v) is 4.84. The van der Waals surface area contributed by atoms with Gasteiger partial charge in [-0.1, -0.05) is 32.1 Å². The lowest BCUT2D eigenvalue weighted by molar-refractivity contribution is -0.158. The van der Waals surface area contributed by atoms with E-state index in [1.165, 1.54) is 32.1 Å². The summed E-state index contributed by atoms with van der Waals surface area (Å²) in [7, 11) is 0. The molecule has 0 aromatic heterocycles. The molecule has 1 atom stereocenters. The first-order valence-corrected chi connectivity index (χ1v) is 11.1. The summed E-state index contributed by atoms with van der Waals surface area (Å²) in [5.74, 6) is 0.0435. The molecule has 5 nitrogen and oxygen atoms in total. The minimum Gasteiger partial charge on any atom is -0.460 e. The molecule has 0 spiro atoms. The summed E-state index contributed by atoms with van der Waals surface area (Å²) < 4.78 is 11.0. The zero-order valence-corrected chi connectivity index (χ0v) is 19.1. The molecule has 0 amide bonds. The molecule has 0 bridgehead atoms. The van der Waals surface area contributed by atoms with Crippen molar-refractivity contribution in [1.29, 1.82) is 0 Å². The standard InChI is InChI=1S/C23H43NO4/c1-22(2,3)27-20(25)17-19-13-11-9-7-8-10-12-15-24(16-14-19)18-21(26)28-23(4,5)6/h19H,7-18H2,1-6H3. The Balaban J connectivity index is 2.66. The van der Waals surface area contributed by atoms with Crippen LogP contribution in [0, 0.1) is 5.92 Å². The van der Waals surface area contributed by atoms with Crippen molar-refractivity contribution >= 4 is 11.9 Å². The van der Waals surface area contributed by atoms with Gasteiger partial charge in [-0.05, 0) is 79.8 Å². The second-order valence-corrected chi connectivity index (χ2v) is 10.2. The number of ether oxygens (including phenoxy) is 2. The van der Waals surface area contributed by atoms with Crippen LogP contribution in [0.3, 0.4) is 0 Å². The van der Waals surface area contributed by atoms with Crippen molar-refractivity contribution < 1.29 is 19.1 Å². The highest BCUT2D eigenvalue weighted by atomic mass is 16.6. The Bertz CT molecular complexity index is 432. The molecular formula is C23H43NO4. The van der Waals surface area contributed by atoms with Crippen LogP contribution in [-0.4, -0.2) is 47.7 Å². The van der Waals surface area contributed by atoms with Crippen molar-refractivity contribution in [3.63, 3.8) is 0 Å². The molecule has 5 heteroatoms. The Morgan fingerprint density at radius 1 is 0.750 bits per heavy atom. The molecule has 1 unspecified atom stereocenters. The van der Waals surface area contributed by atoms with Crippen LogP contribution in [0.25, 0.3) is 0 Å².